The summed E-state index contributed by atoms with van der Waals surface area (Å²) < 4.78 is 19.7. The van der Waals surface area contributed by atoms with Crippen LogP contribution in [0.4, 0.5) is 0 Å². The molecule has 3 aromatic rings. The van der Waals surface area contributed by atoms with E-state index in [1.54, 1.807) is 12.1 Å². The molecule has 27 heavy (non-hydrogen) atoms. The topological polar surface area (TPSA) is 46.7 Å². The fourth-order valence-electron chi connectivity index (χ4n) is 4.03. The number of benzene rings is 3. The van der Waals surface area contributed by atoms with E-state index in [4.69, 9.17) is 4.74 Å². The molecule has 1 unspecified atom stereocenters. The third-order valence-corrected chi connectivity index (χ3v) is 7.27. The molecule has 0 bridgehead atoms. The van der Waals surface area contributed by atoms with Crippen LogP contribution >= 0.6 is 0 Å². The van der Waals surface area contributed by atoms with Gasteiger partial charge < -0.3 is 4.74 Å². The number of hydrogen-bond acceptors (Lipinski definition) is 3. The van der Waals surface area contributed by atoms with Gasteiger partial charge in [0.15, 0.2) is 5.60 Å². The SMILES string of the molecule is Cc1ccc([C@H]2O[C@]23C(=O)c2ccccc2S(=O)[C@@H]3c2ccccc2)cc1. The van der Waals surface area contributed by atoms with Gasteiger partial charge in [0, 0.05) is 5.56 Å². The largest absolute Gasteiger partial charge is 0.350 e. The van der Waals surface area contributed by atoms with Gasteiger partial charge in [-0.25, -0.2) is 0 Å². The monoisotopic (exact) mass is 374 g/mol. The Kier molecular flexibility index (Phi) is 3.67. The van der Waals surface area contributed by atoms with Crippen molar-refractivity contribution in [3.63, 3.8) is 0 Å². The van der Waals surface area contributed by atoms with Crippen molar-refractivity contribution in [1.29, 1.82) is 0 Å². The first-order chi connectivity index (χ1) is 13.1. The quantitative estimate of drug-likeness (QED) is 0.618. The number of carbonyl (C=O) groups excluding carboxylic acids is 1. The van der Waals surface area contributed by atoms with Crippen LogP contribution in [0.2, 0.25) is 0 Å². The second kappa shape index (κ2) is 5.98. The molecule has 3 aromatic carbocycles. The minimum atomic E-state index is -1.38. The van der Waals surface area contributed by atoms with Crippen LogP contribution in [0.3, 0.4) is 0 Å². The van der Waals surface area contributed by atoms with Gasteiger partial charge in [-0.3, -0.25) is 9.00 Å². The van der Waals surface area contributed by atoms with Crippen LogP contribution in [0.25, 0.3) is 0 Å². The molecule has 0 aromatic heterocycles. The number of ketones is 1. The first kappa shape index (κ1) is 16.6. The van der Waals surface area contributed by atoms with E-state index in [0.717, 1.165) is 16.7 Å². The van der Waals surface area contributed by atoms with Gasteiger partial charge in [-0.1, -0.05) is 78.4 Å². The third-order valence-electron chi connectivity index (χ3n) is 5.43. The van der Waals surface area contributed by atoms with Crippen LogP contribution in [0.1, 0.15) is 38.4 Å². The van der Waals surface area contributed by atoms with Crippen molar-refractivity contribution < 1.29 is 13.7 Å². The predicted molar refractivity (Wildman–Crippen MR) is 104 cm³/mol. The number of aryl methyl sites for hydroxylation is 1. The lowest BCUT2D eigenvalue weighted by Gasteiger charge is -2.30. The molecular formula is C23H18O3S. The van der Waals surface area contributed by atoms with E-state index in [9.17, 15) is 9.00 Å². The number of ether oxygens (including phenoxy) is 1. The molecule has 0 amide bonds. The molecule has 2 aliphatic heterocycles. The fourth-order valence-corrected chi connectivity index (χ4v) is 5.89. The van der Waals surface area contributed by atoms with Gasteiger partial charge in [-0.2, -0.15) is 0 Å². The summed E-state index contributed by atoms with van der Waals surface area (Å²) in [6.45, 7) is 2.02. The number of fused-ring (bicyclic) bond motifs is 1. The summed E-state index contributed by atoms with van der Waals surface area (Å²) in [5, 5.41) is -0.521. The van der Waals surface area contributed by atoms with Crippen molar-refractivity contribution in [2.75, 3.05) is 0 Å². The molecule has 1 saturated heterocycles. The van der Waals surface area contributed by atoms with E-state index in [-0.39, 0.29) is 11.9 Å². The van der Waals surface area contributed by atoms with Crippen molar-refractivity contribution in [2.45, 2.75) is 28.8 Å². The van der Waals surface area contributed by atoms with Crippen LogP contribution in [-0.2, 0) is 15.5 Å². The van der Waals surface area contributed by atoms with Crippen molar-refractivity contribution in [3.8, 4) is 0 Å². The van der Waals surface area contributed by atoms with Crippen LogP contribution in [0.5, 0.6) is 0 Å². The average Bonchev–Trinajstić information content (AvgIpc) is 3.44. The summed E-state index contributed by atoms with van der Waals surface area (Å²) in [6, 6.07) is 24.8. The zero-order valence-electron chi connectivity index (χ0n) is 14.8. The first-order valence-corrected chi connectivity index (χ1v) is 10.2. The Morgan fingerprint density at radius 1 is 0.852 bits per heavy atom. The summed E-state index contributed by atoms with van der Waals surface area (Å²) in [7, 11) is -1.38. The molecule has 1 spiro atoms. The van der Waals surface area contributed by atoms with Crippen LogP contribution in [0.15, 0.2) is 83.8 Å². The summed E-state index contributed by atoms with van der Waals surface area (Å²) in [5.74, 6) is -0.0721. The Hall–Kier alpha value is -2.56. The standard InChI is InChI=1S/C23H18O3S/c1-15-11-13-16(14-12-15)21-23(26-21)20(24)18-9-5-6-10-19(18)27(25)22(23)17-7-3-2-4-8-17/h2-14,21-22H,1H3/t21-,22-,23-,27?/m1/s1. The van der Waals surface area contributed by atoms with Crippen molar-refractivity contribution in [2.24, 2.45) is 0 Å². The normalized spacial score (nSPS) is 28.8. The van der Waals surface area contributed by atoms with Gasteiger partial charge in [0.05, 0.1) is 15.7 Å². The lowest BCUT2D eigenvalue weighted by atomic mass is 9.84. The zero-order chi connectivity index (χ0) is 18.6. The molecule has 0 radical (unpaired) electrons. The summed E-state index contributed by atoms with van der Waals surface area (Å²) in [5.41, 5.74) is 2.38. The lowest BCUT2D eigenvalue weighted by molar-refractivity contribution is 0.0859. The fraction of sp³-hybridized carbons (Fsp3) is 0.174. The van der Waals surface area contributed by atoms with E-state index in [2.05, 4.69) is 0 Å². The Morgan fingerprint density at radius 3 is 2.26 bits per heavy atom. The number of Topliss-reactive ketones (excluding diaryl/α,β-unsaturated/α-hetero) is 1. The Balaban J connectivity index is 1.69. The highest BCUT2D eigenvalue weighted by molar-refractivity contribution is 7.85. The molecule has 0 N–H and O–H groups in total. The van der Waals surface area contributed by atoms with Gasteiger partial charge in [-0.15, -0.1) is 0 Å². The molecule has 1 fully saturated rings. The number of hydrogen-bond donors (Lipinski definition) is 0. The van der Waals surface area contributed by atoms with Gasteiger partial charge in [0.2, 0.25) is 5.78 Å². The summed E-state index contributed by atoms with van der Waals surface area (Å²) >= 11 is 0. The second-order valence-corrected chi connectivity index (χ2v) is 8.62. The van der Waals surface area contributed by atoms with E-state index in [0.29, 0.717) is 10.5 Å². The smallest absolute Gasteiger partial charge is 0.200 e. The third kappa shape index (κ3) is 2.37. The molecular weight excluding hydrogens is 356 g/mol. The highest BCUT2D eigenvalue weighted by Crippen LogP contribution is 2.62. The second-order valence-electron chi connectivity index (χ2n) is 7.12. The Labute approximate surface area is 160 Å². The van der Waals surface area contributed by atoms with Crippen LogP contribution < -0.4 is 0 Å². The summed E-state index contributed by atoms with van der Waals surface area (Å²) in [6.07, 6.45) is -0.381. The van der Waals surface area contributed by atoms with E-state index in [1.807, 2.05) is 73.7 Å². The first-order valence-electron chi connectivity index (χ1n) is 8.96. The van der Waals surface area contributed by atoms with Crippen molar-refractivity contribution in [3.05, 3.63) is 101 Å². The molecule has 4 atom stereocenters. The minimum absolute atomic E-state index is 0.0721. The maximum atomic E-state index is 13.5. The average molecular weight is 374 g/mol. The maximum Gasteiger partial charge on any atom is 0.200 e. The van der Waals surface area contributed by atoms with Gasteiger partial charge >= 0.3 is 0 Å². The molecule has 3 nitrogen and oxygen atoms in total. The molecule has 2 heterocycles. The van der Waals surface area contributed by atoms with Gasteiger partial charge in [-0.05, 0) is 24.1 Å². The molecule has 2 aliphatic rings. The molecule has 0 saturated carbocycles. The summed E-state index contributed by atoms with van der Waals surface area (Å²) in [4.78, 5) is 14.1. The maximum absolute atomic E-state index is 13.5. The number of rotatable bonds is 2. The predicted octanol–water partition coefficient (Wildman–Crippen LogP) is 4.55. The van der Waals surface area contributed by atoms with E-state index in [1.165, 1.54) is 0 Å². The van der Waals surface area contributed by atoms with Gasteiger partial charge in [0.1, 0.15) is 11.4 Å². The Morgan fingerprint density at radius 2 is 1.52 bits per heavy atom. The van der Waals surface area contributed by atoms with Crippen molar-refractivity contribution in [1.82, 2.24) is 0 Å². The highest BCUT2D eigenvalue weighted by atomic mass is 32.2. The Bertz CT molecular complexity index is 1060. The van der Waals surface area contributed by atoms with Crippen LogP contribution in [0, 0.1) is 6.92 Å². The molecule has 0 aliphatic carbocycles. The van der Waals surface area contributed by atoms with E-state index >= 15 is 0 Å². The van der Waals surface area contributed by atoms with Crippen LogP contribution in [-0.4, -0.2) is 15.6 Å². The lowest BCUT2D eigenvalue weighted by Crippen LogP contribution is -2.40. The zero-order valence-corrected chi connectivity index (χ0v) is 15.6. The van der Waals surface area contributed by atoms with E-state index < -0.39 is 21.7 Å². The number of epoxide rings is 1. The molecule has 134 valence electrons. The molecule has 4 heteroatoms. The van der Waals surface area contributed by atoms with Gasteiger partial charge in [0.25, 0.3) is 0 Å². The van der Waals surface area contributed by atoms with Crippen molar-refractivity contribution >= 4 is 16.6 Å². The minimum Gasteiger partial charge on any atom is -0.350 e. The highest BCUT2D eigenvalue weighted by Gasteiger charge is 2.71. The molecule has 5 rings (SSSR count). The number of carbonyl (C=O) groups is 1.